The van der Waals surface area contributed by atoms with Gasteiger partial charge in [0.2, 0.25) is 0 Å². The molecule has 23 heavy (non-hydrogen) atoms. The van der Waals surface area contributed by atoms with E-state index in [2.05, 4.69) is 10.2 Å². The minimum Gasteiger partial charge on any atom is -0.324 e. The van der Waals surface area contributed by atoms with E-state index in [0.29, 0.717) is 18.8 Å². The van der Waals surface area contributed by atoms with Gasteiger partial charge in [-0.1, -0.05) is 0 Å². The molecule has 0 aromatic carbocycles. The number of alkyl halides is 3. The van der Waals surface area contributed by atoms with Gasteiger partial charge >= 0.3 is 12.2 Å². The van der Waals surface area contributed by atoms with Crippen molar-refractivity contribution in [3.63, 3.8) is 0 Å². The van der Waals surface area contributed by atoms with Crippen LogP contribution < -0.4 is 0 Å². The molecule has 0 spiro atoms. The SMILES string of the molecule is O=C(N1CCSCC1)N1CCCC(c2cc(C(F)(F)F)n[nH]2)C1. The first-order chi connectivity index (χ1) is 10.9. The van der Waals surface area contributed by atoms with Gasteiger partial charge in [0, 0.05) is 49.3 Å². The average molecular weight is 348 g/mol. The summed E-state index contributed by atoms with van der Waals surface area (Å²) in [6.07, 6.45) is -2.89. The van der Waals surface area contributed by atoms with E-state index in [1.165, 1.54) is 0 Å². The number of hydrogen-bond acceptors (Lipinski definition) is 3. The number of rotatable bonds is 1. The van der Waals surface area contributed by atoms with Crippen LogP contribution in [0.25, 0.3) is 0 Å². The molecule has 2 saturated heterocycles. The topological polar surface area (TPSA) is 52.2 Å². The number of halogens is 3. The summed E-state index contributed by atoms with van der Waals surface area (Å²) in [6.45, 7) is 2.60. The zero-order chi connectivity index (χ0) is 16.4. The fraction of sp³-hybridized carbons (Fsp3) is 0.714. The van der Waals surface area contributed by atoms with Crippen molar-refractivity contribution < 1.29 is 18.0 Å². The summed E-state index contributed by atoms with van der Waals surface area (Å²) < 4.78 is 38.0. The first-order valence-corrected chi connectivity index (χ1v) is 8.84. The van der Waals surface area contributed by atoms with Gasteiger partial charge in [-0.15, -0.1) is 0 Å². The molecule has 2 aliphatic heterocycles. The Bertz CT molecular complexity index is 556. The number of thioether (sulfide) groups is 1. The molecule has 0 bridgehead atoms. The number of carbonyl (C=O) groups excluding carboxylic acids is 1. The number of aromatic nitrogens is 2. The standard InChI is InChI=1S/C14H19F3N4OS/c15-14(16,17)12-8-11(18-19-12)10-2-1-3-21(9-10)13(22)20-4-6-23-7-5-20/h8,10H,1-7,9H2,(H,18,19). The van der Waals surface area contributed by atoms with Crippen molar-refractivity contribution in [1.29, 1.82) is 0 Å². The van der Waals surface area contributed by atoms with E-state index >= 15 is 0 Å². The van der Waals surface area contributed by atoms with Crippen molar-refractivity contribution in [1.82, 2.24) is 20.0 Å². The zero-order valence-electron chi connectivity index (χ0n) is 12.6. The number of aromatic amines is 1. The predicted molar refractivity (Wildman–Crippen MR) is 81.4 cm³/mol. The normalized spacial score (nSPS) is 23.2. The van der Waals surface area contributed by atoms with Crippen LogP contribution in [-0.2, 0) is 6.18 Å². The largest absolute Gasteiger partial charge is 0.435 e. The van der Waals surface area contributed by atoms with Crippen molar-refractivity contribution >= 4 is 17.8 Å². The Morgan fingerprint density at radius 3 is 2.65 bits per heavy atom. The summed E-state index contributed by atoms with van der Waals surface area (Å²) in [7, 11) is 0. The van der Waals surface area contributed by atoms with Crippen LogP contribution in [0.5, 0.6) is 0 Å². The van der Waals surface area contributed by atoms with Crippen LogP contribution in [0.15, 0.2) is 6.07 Å². The number of hydrogen-bond donors (Lipinski definition) is 1. The van der Waals surface area contributed by atoms with Crippen molar-refractivity contribution in [2.24, 2.45) is 0 Å². The van der Waals surface area contributed by atoms with Gasteiger partial charge in [0.25, 0.3) is 0 Å². The number of H-pyrrole nitrogens is 1. The van der Waals surface area contributed by atoms with Gasteiger partial charge in [0.15, 0.2) is 5.69 Å². The number of urea groups is 1. The number of carbonyl (C=O) groups is 1. The van der Waals surface area contributed by atoms with E-state index in [0.717, 1.165) is 43.5 Å². The summed E-state index contributed by atoms with van der Waals surface area (Å²) in [5.41, 5.74) is -0.437. The number of likely N-dealkylation sites (tertiary alicyclic amines) is 1. The summed E-state index contributed by atoms with van der Waals surface area (Å²) in [5.74, 6) is 1.77. The Morgan fingerprint density at radius 2 is 2.00 bits per heavy atom. The molecule has 1 N–H and O–H groups in total. The smallest absolute Gasteiger partial charge is 0.324 e. The van der Waals surface area contributed by atoms with E-state index in [-0.39, 0.29) is 11.9 Å². The molecule has 1 atom stereocenters. The molecule has 9 heteroatoms. The van der Waals surface area contributed by atoms with Crippen LogP contribution in [0.4, 0.5) is 18.0 Å². The Hall–Kier alpha value is -1.38. The highest BCUT2D eigenvalue weighted by molar-refractivity contribution is 7.99. The average Bonchev–Trinajstić information content (AvgIpc) is 3.05. The maximum Gasteiger partial charge on any atom is 0.435 e. The van der Waals surface area contributed by atoms with E-state index < -0.39 is 11.9 Å². The van der Waals surface area contributed by atoms with Crippen LogP contribution in [0.3, 0.4) is 0 Å². The molecule has 1 aromatic rings. The van der Waals surface area contributed by atoms with Crippen molar-refractivity contribution in [2.75, 3.05) is 37.7 Å². The maximum absolute atomic E-state index is 12.7. The van der Waals surface area contributed by atoms with E-state index in [4.69, 9.17) is 0 Å². The highest BCUT2D eigenvalue weighted by atomic mass is 32.2. The molecule has 3 heterocycles. The van der Waals surface area contributed by atoms with Gasteiger partial charge in [-0.3, -0.25) is 5.10 Å². The summed E-state index contributed by atoms with van der Waals surface area (Å²) in [6, 6.07) is 1.07. The fourth-order valence-electron chi connectivity index (χ4n) is 3.05. The lowest BCUT2D eigenvalue weighted by Gasteiger charge is -2.37. The highest BCUT2D eigenvalue weighted by Gasteiger charge is 2.36. The molecule has 2 fully saturated rings. The molecular weight excluding hydrogens is 329 g/mol. The lowest BCUT2D eigenvalue weighted by Crippen LogP contribution is -2.49. The highest BCUT2D eigenvalue weighted by Crippen LogP contribution is 2.32. The zero-order valence-corrected chi connectivity index (χ0v) is 13.4. The number of piperidine rings is 1. The summed E-state index contributed by atoms with van der Waals surface area (Å²) in [5, 5.41) is 5.85. The van der Waals surface area contributed by atoms with Gasteiger partial charge in [0.05, 0.1) is 0 Å². The van der Waals surface area contributed by atoms with Crippen molar-refractivity contribution in [3.8, 4) is 0 Å². The molecule has 5 nitrogen and oxygen atoms in total. The first-order valence-electron chi connectivity index (χ1n) is 7.69. The van der Waals surface area contributed by atoms with Gasteiger partial charge in [-0.2, -0.15) is 30.0 Å². The molecular formula is C14H19F3N4OS. The lowest BCUT2D eigenvalue weighted by atomic mass is 9.95. The number of amides is 2. The maximum atomic E-state index is 12.7. The van der Waals surface area contributed by atoms with E-state index in [9.17, 15) is 18.0 Å². The Morgan fingerprint density at radius 1 is 1.26 bits per heavy atom. The quantitative estimate of drug-likeness (QED) is 0.849. The summed E-state index contributed by atoms with van der Waals surface area (Å²) in [4.78, 5) is 16.1. The van der Waals surface area contributed by atoms with E-state index in [1.807, 2.05) is 16.7 Å². The molecule has 0 saturated carbocycles. The third kappa shape index (κ3) is 3.76. The van der Waals surface area contributed by atoms with E-state index in [1.54, 1.807) is 4.90 Å². The van der Waals surface area contributed by atoms with Gasteiger partial charge in [-0.05, 0) is 18.9 Å². The molecule has 128 valence electrons. The van der Waals surface area contributed by atoms with Gasteiger partial charge in [0.1, 0.15) is 0 Å². The fourth-order valence-corrected chi connectivity index (χ4v) is 3.95. The predicted octanol–water partition coefficient (Wildman–Crippen LogP) is 2.78. The summed E-state index contributed by atoms with van der Waals surface area (Å²) >= 11 is 1.83. The molecule has 1 aromatic heterocycles. The molecule has 0 aliphatic carbocycles. The first kappa shape index (κ1) is 16.5. The van der Waals surface area contributed by atoms with Crippen molar-refractivity contribution in [3.05, 3.63) is 17.5 Å². The minimum atomic E-state index is -4.44. The van der Waals surface area contributed by atoms with Crippen LogP contribution in [0.1, 0.15) is 30.1 Å². The van der Waals surface area contributed by atoms with Gasteiger partial charge < -0.3 is 9.80 Å². The molecule has 0 radical (unpaired) electrons. The number of nitrogens with zero attached hydrogens (tertiary/aromatic N) is 3. The van der Waals surface area contributed by atoms with Crippen LogP contribution >= 0.6 is 11.8 Å². The monoisotopic (exact) mass is 348 g/mol. The third-order valence-corrected chi connectivity index (χ3v) is 5.24. The molecule has 3 rings (SSSR count). The van der Waals surface area contributed by atoms with Crippen LogP contribution in [-0.4, -0.2) is 63.7 Å². The Balaban J connectivity index is 1.66. The second-order valence-electron chi connectivity index (χ2n) is 5.87. The minimum absolute atomic E-state index is 0.00515. The Labute approximate surface area is 136 Å². The molecule has 1 unspecified atom stereocenters. The Kier molecular flexibility index (Phi) is 4.74. The number of nitrogens with one attached hydrogen (secondary N) is 1. The van der Waals surface area contributed by atoms with Gasteiger partial charge in [-0.25, -0.2) is 4.79 Å². The molecule has 2 amide bonds. The second kappa shape index (κ2) is 6.62. The lowest BCUT2D eigenvalue weighted by molar-refractivity contribution is -0.141. The van der Waals surface area contributed by atoms with Crippen molar-refractivity contribution in [2.45, 2.75) is 24.9 Å². The van der Waals surface area contributed by atoms with Crippen LogP contribution in [0.2, 0.25) is 0 Å². The third-order valence-electron chi connectivity index (χ3n) is 4.30. The molecule has 2 aliphatic rings. The second-order valence-corrected chi connectivity index (χ2v) is 7.10. The van der Waals surface area contributed by atoms with Crippen LogP contribution in [0, 0.1) is 0 Å².